The van der Waals surface area contributed by atoms with Crippen molar-refractivity contribution in [3.63, 3.8) is 0 Å². The summed E-state index contributed by atoms with van der Waals surface area (Å²) in [7, 11) is 1.40. The number of amides is 2. The van der Waals surface area contributed by atoms with E-state index >= 15 is 0 Å². The maximum absolute atomic E-state index is 11.7. The summed E-state index contributed by atoms with van der Waals surface area (Å²) >= 11 is 0. The average molecular weight is 224 g/mol. The van der Waals surface area contributed by atoms with Crippen molar-refractivity contribution < 1.29 is 9.59 Å². The standard InChI is InChI=1S/C9H12N4O3/c1-5-8(10)9(16)13-4-7(15)11(2)6(14)3-12(5)13/h3-4,10H2,1-2H3. The van der Waals surface area contributed by atoms with Gasteiger partial charge in [0.1, 0.15) is 18.8 Å². The van der Waals surface area contributed by atoms with E-state index in [1.54, 1.807) is 6.92 Å². The fourth-order valence-electron chi connectivity index (χ4n) is 1.69. The first-order valence-corrected chi connectivity index (χ1v) is 4.78. The van der Waals surface area contributed by atoms with E-state index in [4.69, 9.17) is 5.73 Å². The Morgan fingerprint density at radius 3 is 2.12 bits per heavy atom. The van der Waals surface area contributed by atoms with Gasteiger partial charge in [-0.2, -0.15) is 0 Å². The second-order valence-electron chi connectivity index (χ2n) is 3.77. The molecular formula is C9H12N4O3. The van der Waals surface area contributed by atoms with Gasteiger partial charge in [0.25, 0.3) is 17.4 Å². The number of anilines is 1. The summed E-state index contributed by atoms with van der Waals surface area (Å²) in [4.78, 5) is 35.8. The van der Waals surface area contributed by atoms with Crippen molar-refractivity contribution in [2.24, 2.45) is 0 Å². The van der Waals surface area contributed by atoms with E-state index in [0.717, 1.165) is 4.90 Å². The molecule has 1 aliphatic heterocycles. The summed E-state index contributed by atoms with van der Waals surface area (Å²) in [5.41, 5.74) is 5.75. The van der Waals surface area contributed by atoms with Crippen LogP contribution in [0.1, 0.15) is 5.69 Å². The number of nitrogens with two attached hydrogens (primary N) is 1. The largest absolute Gasteiger partial charge is 0.393 e. The summed E-state index contributed by atoms with van der Waals surface area (Å²) in [6, 6.07) is 0. The van der Waals surface area contributed by atoms with Crippen LogP contribution < -0.4 is 11.3 Å². The molecule has 0 radical (unpaired) electrons. The van der Waals surface area contributed by atoms with Crippen molar-refractivity contribution in [2.75, 3.05) is 12.8 Å². The minimum atomic E-state index is -0.422. The number of hydrogen-bond donors (Lipinski definition) is 1. The van der Waals surface area contributed by atoms with Crippen LogP contribution in [0.5, 0.6) is 0 Å². The maximum atomic E-state index is 11.7. The van der Waals surface area contributed by atoms with E-state index in [1.165, 1.54) is 16.4 Å². The van der Waals surface area contributed by atoms with Gasteiger partial charge in [-0.25, -0.2) is 4.68 Å². The van der Waals surface area contributed by atoms with E-state index in [9.17, 15) is 14.4 Å². The Morgan fingerprint density at radius 1 is 1.06 bits per heavy atom. The normalized spacial score (nSPS) is 16.2. The van der Waals surface area contributed by atoms with Gasteiger partial charge in [-0.05, 0) is 6.92 Å². The Kier molecular flexibility index (Phi) is 2.11. The number of carbonyl (C=O) groups is 2. The molecule has 0 saturated heterocycles. The van der Waals surface area contributed by atoms with Crippen molar-refractivity contribution in [1.82, 2.24) is 14.3 Å². The van der Waals surface area contributed by atoms with Gasteiger partial charge in [0.2, 0.25) is 0 Å². The number of nitrogen functional groups attached to an aromatic ring is 1. The van der Waals surface area contributed by atoms with Crippen LogP contribution in [0.2, 0.25) is 0 Å². The zero-order valence-electron chi connectivity index (χ0n) is 9.06. The van der Waals surface area contributed by atoms with Crippen molar-refractivity contribution in [1.29, 1.82) is 0 Å². The molecule has 0 aliphatic carbocycles. The average Bonchev–Trinajstić information content (AvgIpc) is 2.40. The van der Waals surface area contributed by atoms with Crippen LogP contribution >= 0.6 is 0 Å². The number of hydrogen-bond acceptors (Lipinski definition) is 4. The van der Waals surface area contributed by atoms with E-state index in [1.807, 2.05) is 0 Å². The first-order valence-electron chi connectivity index (χ1n) is 4.78. The zero-order chi connectivity index (χ0) is 12.0. The third-order valence-electron chi connectivity index (χ3n) is 2.85. The molecule has 2 rings (SSSR count). The second kappa shape index (κ2) is 3.22. The lowest BCUT2D eigenvalue weighted by atomic mass is 10.4. The smallest absolute Gasteiger partial charge is 0.290 e. The summed E-state index contributed by atoms with van der Waals surface area (Å²) < 4.78 is 2.65. The molecular weight excluding hydrogens is 212 g/mol. The summed E-state index contributed by atoms with van der Waals surface area (Å²) in [5.74, 6) is -0.766. The van der Waals surface area contributed by atoms with Crippen LogP contribution in [-0.4, -0.2) is 33.1 Å². The highest BCUT2D eigenvalue weighted by atomic mass is 16.2. The molecule has 2 heterocycles. The van der Waals surface area contributed by atoms with Crippen LogP contribution in [0, 0.1) is 6.92 Å². The molecule has 0 aromatic carbocycles. The highest BCUT2D eigenvalue weighted by Gasteiger charge is 2.27. The number of rotatable bonds is 0. The maximum Gasteiger partial charge on any atom is 0.290 e. The molecule has 1 aliphatic rings. The van der Waals surface area contributed by atoms with Gasteiger partial charge in [-0.1, -0.05) is 0 Å². The SMILES string of the molecule is Cc1c(N)c(=O)n2n1CC(=O)N(C)C(=O)C2. The Morgan fingerprint density at radius 2 is 1.56 bits per heavy atom. The molecule has 1 aromatic heterocycles. The van der Waals surface area contributed by atoms with Gasteiger partial charge in [-0.3, -0.25) is 24.0 Å². The topological polar surface area (TPSA) is 90.3 Å². The fraction of sp³-hybridized carbons (Fsp3) is 0.444. The van der Waals surface area contributed by atoms with E-state index in [-0.39, 0.29) is 24.7 Å². The molecule has 16 heavy (non-hydrogen) atoms. The van der Waals surface area contributed by atoms with Gasteiger partial charge < -0.3 is 5.73 Å². The molecule has 0 saturated carbocycles. The fourth-order valence-corrected chi connectivity index (χ4v) is 1.69. The van der Waals surface area contributed by atoms with Crippen molar-refractivity contribution in [3.05, 3.63) is 16.0 Å². The minimum Gasteiger partial charge on any atom is -0.393 e. The summed E-state index contributed by atoms with van der Waals surface area (Å²) in [6.07, 6.45) is 0. The molecule has 2 N–H and O–H groups in total. The predicted octanol–water partition coefficient (Wildman–Crippen LogP) is -1.46. The number of imide groups is 1. The van der Waals surface area contributed by atoms with Crippen molar-refractivity contribution in [2.45, 2.75) is 20.0 Å². The third kappa shape index (κ3) is 1.24. The van der Waals surface area contributed by atoms with E-state index in [0.29, 0.717) is 5.69 Å². The van der Waals surface area contributed by atoms with Crippen LogP contribution in [0.4, 0.5) is 5.69 Å². The number of fused-ring (bicyclic) bond motifs is 1. The highest BCUT2D eigenvalue weighted by molar-refractivity contribution is 5.95. The third-order valence-corrected chi connectivity index (χ3v) is 2.85. The van der Waals surface area contributed by atoms with Gasteiger partial charge in [-0.15, -0.1) is 0 Å². The van der Waals surface area contributed by atoms with Crippen LogP contribution in [0.15, 0.2) is 4.79 Å². The number of likely N-dealkylation sites (N-methyl/N-ethyl adjacent to an activating group) is 1. The van der Waals surface area contributed by atoms with Gasteiger partial charge in [0.15, 0.2) is 0 Å². The minimum absolute atomic E-state index is 0.0412. The molecule has 7 heteroatoms. The second-order valence-corrected chi connectivity index (χ2v) is 3.77. The van der Waals surface area contributed by atoms with Crippen LogP contribution in [-0.2, 0) is 22.7 Å². The summed E-state index contributed by atoms with van der Waals surface area (Å²) in [6.45, 7) is 1.45. The predicted molar refractivity (Wildman–Crippen MR) is 55.6 cm³/mol. The first-order chi connectivity index (χ1) is 7.43. The molecule has 2 amide bonds. The number of carbonyl (C=O) groups excluding carboxylic acids is 2. The van der Waals surface area contributed by atoms with Gasteiger partial charge >= 0.3 is 0 Å². The molecule has 7 nitrogen and oxygen atoms in total. The molecule has 0 spiro atoms. The van der Waals surface area contributed by atoms with Crippen molar-refractivity contribution in [3.8, 4) is 0 Å². The molecule has 0 fully saturated rings. The molecule has 0 atom stereocenters. The van der Waals surface area contributed by atoms with Crippen LogP contribution in [0.25, 0.3) is 0 Å². The van der Waals surface area contributed by atoms with Gasteiger partial charge in [0, 0.05) is 7.05 Å². The molecule has 0 unspecified atom stereocenters. The number of nitrogens with zero attached hydrogens (tertiary/aromatic N) is 3. The first kappa shape index (κ1) is 10.5. The number of aromatic nitrogens is 2. The van der Waals surface area contributed by atoms with Crippen molar-refractivity contribution >= 4 is 17.5 Å². The lowest BCUT2D eigenvalue weighted by Crippen LogP contribution is -2.34. The monoisotopic (exact) mass is 224 g/mol. The molecule has 0 bridgehead atoms. The zero-order valence-corrected chi connectivity index (χ0v) is 9.06. The van der Waals surface area contributed by atoms with Gasteiger partial charge in [0.05, 0.1) is 5.69 Å². The Balaban J connectivity index is 2.64. The van der Waals surface area contributed by atoms with E-state index in [2.05, 4.69) is 0 Å². The Bertz CT molecular complexity index is 540. The summed E-state index contributed by atoms with van der Waals surface area (Å²) in [5, 5.41) is 0. The Hall–Kier alpha value is -2.05. The lowest BCUT2D eigenvalue weighted by Gasteiger charge is -2.10. The lowest BCUT2D eigenvalue weighted by molar-refractivity contribution is -0.142. The van der Waals surface area contributed by atoms with Crippen LogP contribution in [0.3, 0.4) is 0 Å². The quantitative estimate of drug-likeness (QED) is 0.545. The van der Waals surface area contributed by atoms with E-state index < -0.39 is 11.5 Å². The molecule has 1 aromatic rings. The highest BCUT2D eigenvalue weighted by Crippen LogP contribution is 2.10. The Labute approximate surface area is 91.0 Å². The molecule has 86 valence electrons.